The van der Waals surface area contributed by atoms with E-state index >= 15 is 0 Å². The summed E-state index contributed by atoms with van der Waals surface area (Å²) in [7, 11) is 0. The Morgan fingerprint density at radius 2 is 2.15 bits per heavy atom. The molecule has 0 radical (unpaired) electrons. The van der Waals surface area contributed by atoms with E-state index in [1.54, 1.807) is 6.20 Å². The molecule has 4 nitrogen and oxygen atoms in total. The van der Waals surface area contributed by atoms with Gasteiger partial charge in [-0.15, -0.1) is 0 Å². The summed E-state index contributed by atoms with van der Waals surface area (Å²) in [4.78, 5) is 15.4. The highest BCUT2D eigenvalue weighted by molar-refractivity contribution is 6.35. The highest BCUT2D eigenvalue weighted by atomic mass is 35.5. The maximum atomic E-state index is 11.0. The number of rotatable bonds is 5. The molecule has 0 aliphatic carbocycles. The lowest BCUT2D eigenvalue weighted by Crippen LogP contribution is -2.42. The number of nitrogens with zero attached hydrogens (tertiary/aromatic N) is 1. The standard InChI is InChI=1S/C15H18ClN3O/c1-15(2,8-13(17)20)19-9-10-5-6-12(16)11-4-3-7-18-14(10)11/h3-7,19H,8-9H2,1-2H3,(H2,17,20). The molecule has 0 unspecified atom stereocenters. The molecule has 0 fully saturated rings. The Hall–Kier alpha value is -1.65. The molecule has 3 N–H and O–H groups in total. The Labute approximate surface area is 123 Å². The fourth-order valence-electron chi connectivity index (χ4n) is 2.17. The van der Waals surface area contributed by atoms with Gasteiger partial charge >= 0.3 is 0 Å². The van der Waals surface area contributed by atoms with Crippen molar-refractivity contribution in [1.82, 2.24) is 10.3 Å². The summed E-state index contributed by atoms with van der Waals surface area (Å²) in [6.45, 7) is 4.50. The highest BCUT2D eigenvalue weighted by Crippen LogP contribution is 2.25. The average Bonchev–Trinajstić information content (AvgIpc) is 2.37. The summed E-state index contributed by atoms with van der Waals surface area (Å²) in [5.41, 5.74) is 6.82. The van der Waals surface area contributed by atoms with E-state index in [0.29, 0.717) is 11.6 Å². The van der Waals surface area contributed by atoms with Crippen LogP contribution in [-0.2, 0) is 11.3 Å². The third-order valence-corrected chi connectivity index (χ3v) is 3.50. The Balaban J connectivity index is 2.23. The van der Waals surface area contributed by atoms with Crippen LogP contribution in [0.1, 0.15) is 25.8 Å². The first-order valence-electron chi connectivity index (χ1n) is 6.44. The van der Waals surface area contributed by atoms with Gasteiger partial charge in [-0.1, -0.05) is 17.7 Å². The molecule has 0 saturated carbocycles. The normalized spacial score (nSPS) is 11.8. The Morgan fingerprint density at radius 1 is 1.40 bits per heavy atom. The van der Waals surface area contributed by atoms with Crippen LogP contribution in [-0.4, -0.2) is 16.4 Å². The number of nitrogens with two attached hydrogens (primary N) is 1. The second-order valence-electron chi connectivity index (χ2n) is 5.49. The Morgan fingerprint density at radius 3 is 2.85 bits per heavy atom. The molecule has 1 heterocycles. The van der Waals surface area contributed by atoms with Gasteiger partial charge in [0, 0.05) is 35.1 Å². The van der Waals surface area contributed by atoms with E-state index in [1.165, 1.54) is 0 Å². The van der Waals surface area contributed by atoms with Gasteiger partial charge in [0.15, 0.2) is 0 Å². The van der Waals surface area contributed by atoms with Gasteiger partial charge in [-0.25, -0.2) is 0 Å². The lowest BCUT2D eigenvalue weighted by molar-refractivity contribution is -0.119. The largest absolute Gasteiger partial charge is 0.370 e. The van der Waals surface area contributed by atoms with E-state index in [0.717, 1.165) is 16.5 Å². The van der Waals surface area contributed by atoms with Crippen LogP contribution in [0.3, 0.4) is 0 Å². The molecule has 106 valence electrons. The molecule has 0 aliphatic heterocycles. The van der Waals surface area contributed by atoms with Gasteiger partial charge in [0.05, 0.1) is 5.52 Å². The van der Waals surface area contributed by atoms with Gasteiger partial charge in [-0.3, -0.25) is 9.78 Å². The van der Waals surface area contributed by atoms with Crippen molar-refractivity contribution in [3.8, 4) is 0 Å². The maximum absolute atomic E-state index is 11.0. The third-order valence-electron chi connectivity index (χ3n) is 3.17. The second-order valence-corrected chi connectivity index (χ2v) is 5.89. The number of amides is 1. The fourth-order valence-corrected chi connectivity index (χ4v) is 2.39. The van der Waals surface area contributed by atoms with Crippen molar-refractivity contribution in [2.45, 2.75) is 32.4 Å². The number of aromatic nitrogens is 1. The summed E-state index contributed by atoms with van der Waals surface area (Å²) in [5, 5.41) is 4.95. The lowest BCUT2D eigenvalue weighted by atomic mass is 9.99. The minimum absolute atomic E-state index is 0.284. The Kier molecular flexibility index (Phi) is 4.26. The predicted molar refractivity (Wildman–Crippen MR) is 81.5 cm³/mol. The monoisotopic (exact) mass is 291 g/mol. The number of hydrogen-bond acceptors (Lipinski definition) is 3. The summed E-state index contributed by atoms with van der Waals surface area (Å²) in [6, 6.07) is 7.62. The molecule has 2 rings (SSSR count). The van der Waals surface area contributed by atoms with Crippen LogP contribution in [0.4, 0.5) is 0 Å². The molecule has 0 spiro atoms. The molecule has 0 aliphatic rings. The third kappa shape index (κ3) is 3.46. The molecular weight excluding hydrogens is 274 g/mol. The topological polar surface area (TPSA) is 68.0 Å². The summed E-state index contributed by atoms with van der Waals surface area (Å²) >= 11 is 6.17. The number of hydrogen-bond donors (Lipinski definition) is 2. The smallest absolute Gasteiger partial charge is 0.219 e. The number of benzene rings is 1. The number of carbonyl (C=O) groups excluding carboxylic acids is 1. The van der Waals surface area contributed by atoms with Crippen molar-refractivity contribution in [2.24, 2.45) is 5.73 Å². The number of pyridine rings is 1. The zero-order valence-electron chi connectivity index (χ0n) is 11.6. The number of nitrogens with one attached hydrogen (secondary N) is 1. The van der Waals surface area contributed by atoms with Gasteiger partial charge in [0.25, 0.3) is 0 Å². The van der Waals surface area contributed by atoms with Gasteiger partial charge in [0.1, 0.15) is 0 Å². The van der Waals surface area contributed by atoms with E-state index in [2.05, 4.69) is 10.3 Å². The molecule has 20 heavy (non-hydrogen) atoms. The van der Waals surface area contributed by atoms with Crippen molar-refractivity contribution in [2.75, 3.05) is 0 Å². The van der Waals surface area contributed by atoms with Crippen LogP contribution in [0.5, 0.6) is 0 Å². The minimum Gasteiger partial charge on any atom is -0.370 e. The van der Waals surface area contributed by atoms with E-state index in [9.17, 15) is 4.79 Å². The van der Waals surface area contributed by atoms with Crippen LogP contribution in [0.2, 0.25) is 5.02 Å². The maximum Gasteiger partial charge on any atom is 0.219 e. The van der Waals surface area contributed by atoms with E-state index in [1.807, 2.05) is 38.1 Å². The van der Waals surface area contributed by atoms with Crippen LogP contribution < -0.4 is 11.1 Å². The van der Waals surface area contributed by atoms with Crippen LogP contribution in [0.15, 0.2) is 30.5 Å². The van der Waals surface area contributed by atoms with E-state index < -0.39 is 0 Å². The summed E-state index contributed by atoms with van der Waals surface area (Å²) in [6.07, 6.45) is 2.03. The number of fused-ring (bicyclic) bond motifs is 1. The van der Waals surface area contributed by atoms with Crippen molar-refractivity contribution in [3.63, 3.8) is 0 Å². The van der Waals surface area contributed by atoms with Crippen molar-refractivity contribution in [1.29, 1.82) is 0 Å². The Bertz CT molecular complexity index is 640. The lowest BCUT2D eigenvalue weighted by Gasteiger charge is -2.25. The van der Waals surface area contributed by atoms with Gasteiger partial charge in [0.2, 0.25) is 5.91 Å². The van der Waals surface area contributed by atoms with Crippen molar-refractivity contribution >= 4 is 28.4 Å². The quantitative estimate of drug-likeness (QED) is 0.890. The average molecular weight is 292 g/mol. The molecule has 1 aromatic carbocycles. The zero-order valence-corrected chi connectivity index (χ0v) is 12.4. The summed E-state index contributed by atoms with van der Waals surface area (Å²) in [5.74, 6) is -0.318. The highest BCUT2D eigenvalue weighted by Gasteiger charge is 2.20. The predicted octanol–water partition coefficient (Wildman–Crippen LogP) is 2.63. The molecule has 5 heteroatoms. The first-order valence-corrected chi connectivity index (χ1v) is 6.82. The fraction of sp³-hybridized carbons (Fsp3) is 0.333. The number of halogens is 1. The molecule has 0 saturated heterocycles. The second kappa shape index (κ2) is 5.77. The molecule has 1 amide bonds. The van der Waals surface area contributed by atoms with Crippen molar-refractivity contribution < 1.29 is 4.79 Å². The van der Waals surface area contributed by atoms with E-state index in [4.69, 9.17) is 17.3 Å². The molecule has 0 atom stereocenters. The van der Waals surface area contributed by atoms with Crippen LogP contribution in [0.25, 0.3) is 10.9 Å². The van der Waals surface area contributed by atoms with Gasteiger partial charge in [-0.05, 0) is 37.6 Å². The van der Waals surface area contributed by atoms with Crippen LogP contribution >= 0.6 is 11.6 Å². The van der Waals surface area contributed by atoms with Gasteiger partial charge in [-0.2, -0.15) is 0 Å². The minimum atomic E-state index is -0.355. The number of primary amides is 1. The van der Waals surface area contributed by atoms with Crippen LogP contribution in [0, 0.1) is 0 Å². The SMILES string of the molecule is CC(C)(CC(N)=O)NCc1ccc(Cl)c2cccnc12. The molecule has 1 aromatic heterocycles. The zero-order chi connectivity index (χ0) is 14.8. The molecular formula is C15H18ClN3O. The van der Waals surface area contributed by atoms with Gasteiger partial charge < -0.3 is 11.1 Å². The van der Waals surface area contributed by atoms with E-state index in [-0.39, 0.29) is 17.9 Å². The molecule has 0 bridgehead atoms. The first-order chi connectivity index (χ1) is 9.39. The number of carbonyl (C=O) groups is 1. The molecule has 2 aromatic rings. The van der Waals surface area contributed by atoms with Crippen molar-refractivity contribution in [3.05, 3.63) is 41.0 Å². The summed E-state index contributed by atoms with van der Waals surface area (Å²) < 4.78 is 0. The first kappa shape index (κ1) is 14.8.